The van der Waals surface area contributed by atoms with Gasteiger partial charge in [0.2, 0.25) is 0 Å². The molecule has 5 rings (SSSR count). The topological polar surface area (TPSA) is 62.5 Å². The van der Waals surface area contributed by atoms with E-state index in [0.717, 1.165) is 53.7 Å². The van der Waals surface area contributed by atoms with Crippen LogP contribution in [0.3, 0.4) is 0 Å². The lowest BCUT2D eigenvalue weighted by Gasteiger charge is -2.20. The molecule has 4 aromatic heterocycles. The molecule has 0 bridgehead atoms. The average molecular weight is 424 g/mol. The van der Waals surface area contributed by atoms with Gasteiger partial charge in [-0.05, 0) is 43.3 Å². The molecule has 0 spiro atoms. The van der Waals surface area contributed by atoms with E-state index in [2.05, 4.69) is 39.8 Å². The highest BCUT2D eigenvalue weighted by Crippen LogP contribution is 2.28. The molecule has 0 saturated carbocycles. The highest BCUT2D eigenvalue weighted by atomic mass is 32.1. The van der Waals surface area contributed by atoms with Gasteiger partial charge in [0.25, 0.3) is 5.91 Å². The van der Waals surface area contributed by atoms with Gasteiger partial charge in [-0.3, -0.25) is 9.20 Å². The van der Waals surface area contributed by atoms with Crippen LogP contribution in [0.1, 0.15) is 33.8 Å². The highest BCUT2D eigenvalue weighted by Gasteiger charge is 2.22. The van der Waals surface area contributed by atoms with Crippen LogP contribution < -0.4 is 10.2 Å². The Hall–Kier alpha value is -2.71. The number of aryl methyl sites for hydroxylation is 1. The Morgan fingerprint density at radius 3 is 2.79 bits per heavy atom. The Balaban J connectivity index is 1.39. The van der Waals surface area contributed by atoms with Crippen molar-refractivity contribution in [2.24, 2.45) is 0 Å². The molecule has 1 saturated heterocycles. The molecule has 29 heavy (non-hydrogen) atoms. The maximum Gasteiger partial charge on any atom is 0.255 e. The minimum absolute atomic E-state index is 0.108. The molecule has 0 unspecified atom stereocenters. The van der Waals surface area contributed by atoms with Crippen LogP contribution in [-0.4, -0.2) is 33.4 Å². The summed E-state index contributed by atoms with van der Waals surface area (Å²) in [5.74, 6) is 0.675. The number of hydrogen-bond donors (Lipinski definition) is 1. The molecule has 0 radical (unpaired) electrons. The first kappa shape index (κ1) is 18.3. The summed E-state index contributed by atoms with van der Waals surface area (Å²) in [7, 11) is 0. The fourth-order valence-electron chi connectivity index (χ4n) is 3.68. The number of imidazole rings is 1. The lowest BCUT2D eigenvalue weighted by Crippen LogP contribution is -2.28. The van der Waals surface area contributed by atoms with Crippen molar-refractivity contribution in [1.29, 1.82) is 0 Å². The number of aromatic nitrogens is 3. The number of hydrogen-bond acceptors (Lipinski definition) is 6. The summed E-state index contributed by atoms with van der Waals surface area (Å²) in [5.41, 5.74) is 3.49. The van der Waals surface area contributed by atoms with Crippen molar-refractivity contribution in [3.63, 3.8) is 0 Å². The molecular formula is C21H21N5OS2. The second-order valence-corrected chi connectivity index (χ2v) is 9.21. The van der Waals surface area contributed by atoms with Crippen molar-refractivity contribution >= 4 is 39.4 Å². The third-order valence-electron chi connectivity index (χ3n) is 5.09. The second kappa shape index (κ2) is 7.61. The number of carbonyl (C=O) groups excluding carboxylic acids is 1. The molecule has 1 amide bonds. The fraction of sp³-hybridized carbons (Fsp3) is 0.286. The van der Waals surface area contributed by atoms with E-state index in [-0.39, 0.29) is 5.91 Å². The summed E-state index contributed by atoms with van der Waals surface area (Å²) < 4.78 is 2.01. The molecule has 1 fully saturated rings. The van der Waals surface area contributed by atoms with E-state index < -0.39 is 0 Å². The number of fused-ring (bicyclic) bond motifs is 1. The number of anilines is 1. The van der Waals surface area contributed by atoms with Gasteiger partial charge < -0.3 is 10.2 Å². The molecule has 0 atom stereocenters. The van der Waals surface area contributed by atoms with Crippen LogP contribution in [0.2, 0.25) is 0 Å². The lowest BCUT2D eigenvalue weighted by atomic mass is 10.1. The third kappa shape index (κ3) is 3.65. The molecule has 8 heteroatoms. The van der Waals surface area contributed by atoms with E-state index in [1.807, 2.05) is 28.1 Å². The number of pyridine rings is 1. The van der Waals surface area contributed by atoms with Crippen LogP contribution in [0.25, 0.3) is 16.2 Å². The lowest BCUT2D eigenvalue weighted by molar-refractivity contribution is 0.0950. The van der Waals surface area contributed by atoms with E-state index in [1.165, 1.54) is 4.88 Å². The first-order chi connectivity index (χ1) is 14.2. The normalized spacial score (nSPS) is 14.0. The Bertz CT molecular complexity index is 1120. The van der Waals surface area contributed by atoms with Gasteiger partial charge in [0.1, 0.15) is 5.82 Å². The number of nitrogens with zero attached hydrogens (tertiary/aromatic N) is 4. The van der Waals surface area contributed by atoms with E-state index in [0.29, 0.717) is 12.1 Å². The Morgan fingerprint density at radius 1 is 1.17 bits per heavy atom. The third-order valence-corrected chi connectivity index (χ3v) is 6.69. The van der Waals surface area contributed by atoms with Gasteiger partial charge in [-0.2, -0.15) is 11.3 Å². The molecule has 0 aliphatic carbocycles. The number of carbonyl (C=O) groups is 1. The van der Waals surface area contributed by atoms with Crippen LogP contribution in [-0.2, 0) is 6.54 Å². The van der Waals surface area contributed by atoms with E-state index >= 15 is 0 Å². The maximum atomic E-state index is 13.0. The molecular weight excluding hydrogens is 402 g/mol. The molecule has 1 N–H and O–H groups in total. The van der Waals surface area contributed by atoms with Gasteiger partial charge in [-0.25, -0.2) is 9.97 Å². The molecule has 148 valence electrons. The Labute approximate surface area is 176 Å². The van der Waals surface area contributed by atoms with Gasteiger partial charge in [0.15, 0.2) is 4.96 Å². The van der Waals surface area contributed by atoms with E-state index in [9.17, 15) is 4.79 Å². The quantitative estimate of drug-likeness (QED) is 0.518. The first-order valence-electron chi connectivity index (χ1n) is 9.68. The number of nitrogens with one attached hydrogen (secondary N) is 1. The van der Waals surface area contributed by atoms with Crippen molar-refractivity contribution in [1.82, 2.24) is 19.7 Å². The SMILES string of the molecule is Cc1cn2cc(CNC(=O)c3ccc(-c4ccsc4)nc3N3CCCC3)nc2s1. The average Bonchev–Trinajstić information content (AvgIpc) is 3.50. The molecule has 6 nitrogen and oxygen atoms in total. The van der Waals surface area contributed by atoms with E-state index in [4.69, 9.17) is 4.98 Å². The molecule has 1 aliphatic heterocycles. The summed E-state index contributed by atoms with van der Waals surface area (Å²) >= 11 is 3.30. The van der Waals surface area contributed by atoms with Crippen LogP contribution in [0.4, 0.5) is 5.82 Å². The number of rotatable bonds is 5. The van der Waals surface area contributed by atoms with Crippen LogP contribution in [0.15, 0.2) is 41.4 Å². The van der Waals surface area contributed by atoms with Crippen molar-refractivity contribution in [2.75, 3.05) is 18.0 Å². The monoisotopic (exact) mass is 423 g/mol. The molecule has 5 heterocycles. The summed E-state index contributed by atoms with van der Waals surface area (Å²) in [4.78, 5) is 26.8. The van der Waals surface area contributed by atoms with Gasteiger partial charge in [0.05, 0.1) is 23.5 Å². The zero-order valence-corrected chi connectivity index (χ0v) is 17.7. The summed E-state index contributed by atoms with van der Waals surface area (Å²) in [6.07, 6.45) is 6.29. The zero-order chi connectivity index (χ0) is 19.8. The van der Waals surface area contributed by atoms with E-state index in [1.54, 1.807) is 22.7 Å². The molecule has 0 aromatic carbocycles. The van der Waals surface area contributed by atoms with Crippen LogP contribution in [0, 0.1) is 6.92 Å². The minimum Gasteiger partial charge on any atom is -0.356 e. The standard InChI is InChI=1S/C21H21N5OS2/c1-14-11-26-12-16(23-21(26)29-14)10-22-20(27)17-4-5-18(15-6-9-28-13-15)24-19(17)25-7-2-3-8-25/h4-6,9,11-13H,2-3,7-8,10H2,1H3,(H,22,27). The van der Waals surface area contributed by atoms with Gasteiger partial charge in [0, 0.05) is 41.3 Å². The highest BCUT2D eigenvalue weighted by molar-refractivity contribution is 7.16. The summed E-state index contributed by atoms with van der Waals surface area (Å²) in [6.45, 7) is 4.35. The van der Waals surface area contributed by atoms with Crippen molar-refractivity contribution in [3.05, 3.63) is 57.5 Å². The second-order valence-electron chi connectivity index (χ2n) is 7.22. The smallest absolute Gasteiger partial charge is 0.255 e. The Morgan fingerprint density at radius 2 is 2.03 bits per heavy atom. The Kier molecular flexibility index (Phi) is 4.81. The largest absolute Gasteiger partial charge is 0.356 e. The number of thiophene rings is 1. The van der Waals surface area contributed by atoms with Crippen LogP contribution in [0.5, 0.6) is 0 Å². The molecule has 4 aromatic rings. The van der Waals surface area contributed by atoms with Crippen molar-refractivity contribution in [3.8, 4) is 11.3 Å². The van der Waals surface area contributed by atoms with Gasteiger partial charge >= 0.3 is 0 Å². The predicted octanol–water partition coefficient (Wildman–Crippen LogP) is 4.36. The van der Waals surface area contributed by atoms with Crippen molar-refractivity contribution < 1.29 is 4.79 Å². The molecule has 1 aliphatic rings. The van der Waals surface area contributed by atoms with Gasteiger partial charge in [-0.1, -0.05) is 0 Å². The van der Waals surface area contributed by atoms with Crippen molar-refractivity contribution in [2.45, 2.75) is 26.3 Å². The van der Waals surface area contributed by atoms with Crippen LogP contribution >= 0.6 is 22.7 Å². The predicted molar refractivity (Wildman–Crippen MR) is 118 cm³/mol. The first-order valence-corrected chi connectivity index (χ1v) is 11.4. The zero-order valence-electron chi connectivity index (χ0n) is 16.1. The maximum absolute atomic E-state index is 13.0. The minimum atomic E-state index is -0.108. The fourth-order valence-corrected chi connectivity index (χ4v) is 5.15. The van der Waals surface area contributed by atoms with Gasteiger partial charge in [-0.15, -0.1) is 11.3 Å². The summed E-state index contributed by atoms with van der Waals surface area (Å²) in [5, 5.41) is 7.16. The number of thiazole rings is 1. The summed E-state index contributed by atoms with van der Waals surface area (Å²) in [6, 6.07) is 5.90. The number of amides is 1.